The lowest BCUT2D eigenvalue weighted by Crippen LogP contribution is -2.38. The van der Waals surface area contributed by atoms with Crippen LogP contribution in [0.1, 0.15) is 53.7 Å². The zero-order valence-electron chi connectivity index (χ0n) is 13.8. The predicted octanol–water partition coefficient (Wildman–Crippen LogP) is 2.89. The van der Waals surface area contributed by atoms with Crippen LogP contribution < -0.4 is 10.6 Å². The highest BCUT2D eigenvalue weighted by Crippen LogP contribution is 2.24. The number of aromatic nitrogens is 1. The van der Waals surface area contributed by atoms with E-state index in [0.717, 1.165) is 0 Å². The molecule has 120 valence electrons. The second-order valence-corrected chi connectivity index (χ2v) is 7.35. The predicted molar refractivity (Wildman–Crippen MR) is 82.3 cm³/mol. The molecular weight excluding hydrogens is 270 g/mol. The molecule has 6 nitrogen and oxygen atoms in total. The van der Waals surface area contributed by atoms with Crippen LogP contribution in [0.15, 0.2) is 10.6 Å². The normalized spacial score (nSPS) is 13.9. The van der Waals surface area contributed by atoms with Crippen LogP contribution in [0.5, 0.6) is 0 Å². The van der Waals surface area contributed by atoms with E-state index in [2.05, 4.69) is 15.8 Å². The number of amides is 2. The Morgan fingerprint density at radius 2 is 2.00 bits per heavy atom. The van der Waals surface area contributed by atoms with Gasteiger partial charge >= 0.3 is 6.03 Å². The zero-order chi connectivity index (χ0) is 16.3. The van der Waals surface area contributed by atoms with Crippen molar-refractivity contribution < 1.29 is 14.4 Å². The minimum Gasteiger partial charge on any atom is -0.393 e. The summed E-state index contributed by atoms with van der Waals surface area (Å²) in [6, 6.07) is 1.39. The Labute approximate surface area is 126 Å². The highest BCUT2D eigenvalue weighted by Gasteiger charge is 2.22. The number of nitrogens with one attached hydrogen (secondary N) is 2. The summed E-state index contributed by atoms with van der Waals surface area (Å²) in [6.45, 7) is 12.2. The molecular formula is C15H27N3O3. The highest BCUT2D eigenvalue weighted by molar-refractivity contribution is 5.88. The molecule has 0 spiro atoms. The van der Waals surface area contributed by atoms with Crippen LogP contribution in [0.3, 0.4) is 0 Å². The number of carbonyl (C=O) groups excluding carboxylic acids is 1. The summed E-state index contributed by atoms with van der Waals surface area (Å²) in [5.41, 5.74) is -0.325. The topological polar surface area (TPSA) is 87.4 Å². The molecule has 1 atom stereocenters. The summed E-state index contributed by atoms with van der Waals surface area (Å²) < 4.78 is 5.20. The molecule has 1 aromatic heterocycles. The molecule has 0 bridgehead atoms. The van der Waals surface area contributed by atoms with E-state index >= 15 is 0 Å². The van der Waals surface area contributed by atoms with E-state index in [-0.39, 0.29) is 16.9 Å². The van der Waals surface area contributed by atoms with Crippen LogP contribution in [0.2, 0.25) is 0 Å². The lowest BCUT2D eigenvalue weighted by atomic mass is 9.87. The SMILES string of the molecule is C[C@H](O)CC(C)(C)CNC(=O)Nc1cc(C(C)(C)C)on1. The van der Waals surface area contributed by atoms with Crippen molar-refractivity contribution in [3.8, 4) is 0 Å². The third-order valence-electron chi connectivity index (χ3n) is 3.07. The third kappa shape index (κ3) is 6.16. The number of rotatable bonds is 5. The van der Waals surface area contributed by atoms with E-state index in [1.54, 1.807) is 13.0 Å². The Balaban J connectivity index is 2.49. The first-order valence-corrected chi connectivity index (χ1v) is 7.20. The Bertz CT molecular complexity index is 473. The molecule has 21 heavy (non-hydrogen) atoms. The molecule has 0 aliphatic rings. The molecule has 1 aromatic rings. The molecule has 0 fully saturated rings. The average Bonchev–Trinajstić information content (AvgIpc) is 2.73. The molecule has 0 aliphatic carbocycles. The van der Waals surface area contributed by atoms with E-state index in [0.29, 0.717) is 24.5 Å². The van der Waals surface area contributed by atoms with Gasteiger partial charge in [0.15, 0.2) is 5.82 Å². The lowest BCUT2D eigenvalue weighted by molar-refractivity contribution is 0.129. The fourth-order valence-corrected chi connectivity index (χ4v) is 2.04. The van der Waals surface area contributed by atoms with E-state index < -0.39 is 6.10 Å². The first kappa shape index (κ1) is 17.5. The first-order valence-electron chi connectivity index (χ1n) is 7.20. The van der Waals surface area contributed by atoms with Crippen molar-refractivity contribution >= 4 is 11.8 Å². The van der Waals surface area contributed by atoms with Crippen molar-refractivity contribution in [2.75, 3.05) is 11.9 Å². The standard InChI is InChI=1S/C15H27N3O3/c1-10(19)8-15(5,6)9-16-13(20)17-12-7-11(21-18-12)14(2,3)4/h7,10,19H,8-9H2,1-6H3,(H2,16,17,18,20)/t10-/m0/s1. The number of hydrogen-bond donors (Lipinski definition) is 3. The monoisotopic (exact) mass is 297 g/mol. The molecule has 2 amide bonds. The van der Waals surface area contributed by atoms with Crippen molar-refractivity contribution in [3.63, 3.8) is 0 Å². The second kappa shape index (κ2) is 6.47. The smallest absolute Gasteiger partial charge is 0.320 e. The number of urea groups is 1. The second-order valence-electron chi connectivity index (χ2n) is 7.35. The fourth-order valence-electron chi connectivity index (χ4n) is 2.04. The van der Waals surface area contributed by atoms with Crippen LogP contribution in [-0.4, -0.2) is 28.9 Å². The maximum atomic E-state index is 11.8. The quantitative estimate of drug-likeness (QED) is 0.780. The van der Waals surface area contributed by atoms with Crippen molar-refractivity contribution in [1.82, 2.24) is 10.5 Å². The Hall–Kier alpha value is -1.56. The van der Waals surface area contributed by atoms with Crippen LogP contribution in [-0.2, 0) is 5.41 Å². The molecule has 1 rings (SSSR count). The Kier molecular flexibility index (Phi) is 5.39. The Morgan fingerprint density at radius 1 is 1.38 bits per heavy atom. The van der Waals surface area contributed by atoms with Gasteiger partial charge in [-0.25, -0.2) is 4.79 Å². The molecule has 6 heteroatoms. The van der Waals surface area contributed by atoms with Crippen molar-refractivity contribution in [2.24, 2.45) is 5.41 Å². The van der Waals surface area contributed by atoms with Gasteiger partial charge in [0.1, 0.15) is 5.76 Å². The van der Waals surface area contributed by atoms with Gasteiger partial charge in [0, 0.05) is 18.0 Å². The van der Waals surface area contributed by atoms with Gasteiger partial charge in [-0.15, -0.1) is 0 Å². The summed E-state index contributed by atoms with van der Waals surface area (Å²) in [7, 11) is 0. The summed E-state index contributed by atoms with van der Waals surface area (Å²) in [4.78, 5) is 11.8. The van der Waals surface area contributed by atoms with Gasteiger partial charge in [-0.1, -0.05) is 39.8 Å². The van der Waals surface area contributed by atoms with E-state index in [1.807, 2.05) is 34.6 Å². The average molecular weight is 297 g/mol. The number of aliphatic hydroxyl groups excluding tert-OH is 1. The number of aliphatic hydroxyl groups is 1. The zero-order valence-corrected chi connectivity index (χ0v) is 13.8. The van der Waals surface area contributed by atoms with Gasteiger partial charge < -0.3 is 14.9 Å². The van der Waals surface area contributed by atoms with Crippen molar-refractivity contribution in [3.05, 3.63) is 11.8 Å². The minimum atomic E-state index is -0.394. The molecule has 0 radical (unpaired) electrons. The molecule has 0 aliphatic heterocycles. The number of anilines is 1. The van der Waals surface area contributed by atoms with Gasteiger partial charge in [0.05, 0.1) is 6.10 Å². The maximum Gasteiger partial charge on any atom is 0.320 e. The molecule has 0 aromatic carbocycles. The summed E-state index contributed by atoms with van der Waals surface area (Å²) in [6.07, 6.45) is 0.223. The van der Waals surface area contributed by atoms with Crippen LogP contribution in [0, 0.1) is 5.41 Å². The fraction of sp³-hybridized carbons (Fsp3) is 0.733. The maximum absolute atomic E-state index is 11.8. The highest BCUT2D eigenvalue weighted by atomic mass is 16.5. The minimum absolute atomic E-state index is 0.150. The number of hydrogen-bond acceptors (Lipinski definition) is 4. The van der Waals surface area contributed by atoms with Gasteiger partial charge in [-0.05, 0) is 18.8 Å². The molecule has 3 N–H and O–H groups in total. The van der Waals surface area contributed by atoms with Gasteiger partial charge in [0.25, 0.3) is 0 Å². The van der Waals surface area contributed by atoms with Crippen LogP contribution >= 0.6 is 0 Å². The third-order valence-corrected chi connectivity index (χ3v) is 3.07. The summed E-state index contributed by atoms with van der Waals surface area (Å²) in [5, 5.41) is 18.7. The van der Waals surface area contributed by atoms with Crippen LogP contribution in [0.4, 0.5) is 10.6 Å². The molecule has 1 heterocycles. The summed E-state index contributed by atoms with van der Waals surface area (Å²) in [5.74, 6) is 1.11. The van der Waals surface area contributed by atoms with Crippen LogP contribution in [0.25, 0.3) is 0 Å². The molecule has 0 unspecified atom stereocenters. The summed E-state index contributed by atoms with van der Waals surface area (Å²) >= 11 is 0. The number of carbonyl (C=O) groups is 1. The largest absolute Gasteiger partial charge is 0.393 e. The Morgan fingerprint density at radius 3 is 2.48 bits per heavy atom. The van der Waals surface area contributed by atoms with Gasteiger partial charge in [0.2, 0.25) is 0 Å². The molecule has 0 saturated carbocycles. The van der Waals surface area contributed by atoms with E-state index in [4.69, 9.17) is 4.52 Å². The van der Waals surface area contributed by atoms with Gasteiger partial charge in [-0.3, -0.25) is 5.32 Å². The van der Waals surface area contributed by atoms with Gasteiger partial charge in [-0.2, -0.15) is 0 Å². The van der Waals surface area contributed by atoms with E-state index in [9.17, 15) is 9.90 Å². The number of nitrogens with zero attached hydrogens (tertiary/aromatic N) is 1. The van der Waals surface area contributed by atoms with Crippen molar-refractivity contribution in [2.45, 2.75) is 59.5 Å². The molecule has 0 saturated heterocycles. The van der Waals surface area contributed by atoms with Crippen molar-refractivity contribution in [1.29, 1.82) is 0 Å². The first-order chi connectivity index (χ1) is 9.49. The lowest BCUT2D eigenvalue weighted by Gasteiger charge is -2.26. The van der Waals surface area contributed by atoms with E-state index in [1.165, 1.54) is 0 Å².